The van der Waals surface area contributed by atoms with Crippen molar-refractivity contribution in [2.75, 3.05) is 0 Å². The SMILES string of the molecule is CCCCn1nc(C(=O)N/N=C(\C)c2ccc3ccccc3c2)c2ccccc2c1=O. The maximum atomic E-state index is 12.9. The molecule has 0 aliphatic heterocycles. The Kier molecular flexibility index (Phi) is 5.89. The van der Waals surface area contributed by atoms with Crippen LogP contribution >= 0.6 is 0 Å². The molecule has 4 rings (SSSR count). The van der Waals surface area contributed by atoms with Crippen LogP contribution in [0.4, 0.5) is 0 Å². The van der Waals surface area contributed by atoms with E-state index in [0.29, 0.717) is 23.0 Å². The number of hydrogen-bond donors (Lipinski definition) is 1. The van der Waals surface area contributed by atoms with Gasteiger partial charge >= 0.3 is 0 Å². The average Bonchev–Trinajstić information content (AvgIpc) is 2.81. The Morgan fingerprint density at radius 1 is 1.00 bits per heavy atom. The quantitative estimate of drug-likeness (QED) is 0.374. The molecule has 3 aromatic carbocycles. The van der Waals surface area contributed by atoms with E-state index in [9.17, 15) is 9.59 Å². The molecule has 0 aliphatic rings. The highest BCUT2D eigenvalue weighted by atomic mass is 16.2. The minimum absolute atomic E-state index is 0.184. The predicted octanol–water partition coefficient (Wildman–Crippen LogP) is 4.50. The molecule has 0 saturated carbocycles. The van der Waals surface area contributed by atoms with Crippen molar-refractivity contribution >= 4 is 33.2 Å². The zero-order chi connectivity index (χ0) is 21.8. The third-order valence-electron chi connectivity index (χ3n) is 5.30. The molecule has 0 saturated heterocycles. The van der Waals surface area contributed by atoms with E-state index in [1.807, 2.05) is 50.2 Å². The summed E-state index contributed by atoms with van der Waals surface area (Å²) in [5.74, 6) is -0.443. The van der Waals surface area contributed by atoms with E-state index < -0.39 is 5.91 Å². The number of carbonyl (C=O) groups is 1. The van der Waals surface area contributed by atoms with Gasteiger partial charge in [0.25, 0.3) is 11.5 Å². The summed E-state index contributed by atoms with van der Waals surface area (Å²) in [7, 11) is 0. The average molecular weight is 412 g/mol. The van der Waals surface area contributed by atoms with E-state index in [1.165, 1.54) is 4.68 Å². The lowest BCUT2D eigenvalue weighted by Crippen LogP contribution is -2.29. The van der Waals surface area contributed by atoms with Crippen molar-refractivity contribution in [1.82, 2.24) is 15.2 Å². The van der Waals surface area contributed by atoms with Gasteiger partial charge in [0.2, 0.25) is 0 Å². The summed E-state index contributed by atoms with van der Waals surface area (Å²) in [6.45, 7) is 4.36. The van der Waals surface area contributed by atoms with Crippen molar-refractivity contribution in [2.45, 2.75) is 33.2 Å². The van der Waals surface area contributed by atoms with Crippen LogP contribution in [0.5, 0.6) is 0 Å². The number of aryl methyl sites for hydroxylation is 1. The molecule has 0 bridgehead atoms. The molecule has 1 heterocycles. The maximum absolute atomic E-state index is 12.9. The van der Waals surface area contributed by atoms with Gasteiger partial charge in [-0.1, -0.05) is 67.9 Å². The molecule has 4 aromatic rings. The van der Waals surface area contributed by atoms with Gasteiger partial charge in [0.1, 0.15) is 0 Å². The number of benzene rings is 3. The smallest absolute Gasteiger partial charge is 0.267 e. The fourth-order valence-electron chi connectivity index (χ4n) is 3.53. The topological polar surface area (TPSA) is 76.3 Å². The first-order valence-corrected chi connectivity index (χ1v) is 10.4. The lowest BCUT2D eigenvalue weighted by atomic mass is 10.0. The van der Waals surface area contributed by atoms with Crippen LogP contribution in [0.3, 0.4) is 0 Å². The van der Waals surface area contributed by atoms with E-state index >= 15 is 0 Å². The molecule has 1 amide bonds. The molecule has 31 heavy (non-hydrogen) atoms. The second-order valence-electron chi connectivity index (χ2n) is 7.48. The van der Waals surface area contributed by atoms with Gasteiger partial charge in [0, 0.05) is 11.9 Å². The number of amides is 1. The fourth-order valence-corrected chi connectivity index (χ4v) is 3.53. The molecular formula is C25H24N4O2. The molecule has 0 spiro atoms. The van der Waals surface area contributed by atoms with E-state index in [4.69, 9.17) is 0 Å². The second kappa shape index (κ2) is 8.92. The van der Waals surface area contributed by atoms with Gasteiger partial charge in [-0.2, -0.15) is 10.2 Å². The normalized spacial score (nSPS) is 11.7. The molecule has 0 unspecified atom stereocenters. The molecular weight excluding hydrogens is 388 g/mol. The van der Waals surface area contributed by atoms with Gasteiger partial charge in [-0.25, -0.2) is 10.1 Å². The summed E-state index contributed by atoms with van der Waals surface area (Å²) in [4.78, 5) is 25.7. The number of nitrogens with zero attached hydrogens (tertiary/aromatic N) is 3. The summed E-state index contributed by atoms with van der Waals surface area (Å²) >= 11 is 0. The molecule has 6 heteroatoms. The highest BCUT2D eigenvalue weighted by Crippen LogP contribution is 2.17. The van der Waals surface area contributed by atoms with Crippen LogP contribution in [0.2, 0.25) is 0 Å². The Morgan fingerprint density at radius 3 is 2.48 bits per heavy atom. The Bertz CT molecular complexity index is 1350. The molecule has 6 nitrogen and oxygen atoms in total. The summed E-state index contributed by atoms with van der Waals surface area (Å²) in [6, 6.07) is 21.2. The van der Waals surface area contributed by atoms with Gasteiger partial charge in [0.05, 0.1) is 11.1 Å². The molecule has 0 fully saturated rings. The third kappa shape index (κ3) is 4.23. The van der Waals surface area contributed by atoms with E-state index in [2.05, 4.69) is 21.7 Å². The van der Waals surface area contributed by atoms with Crippen LogP contribution in [0.1, 0.15) is 42.7 Å². The highest BCUT2D eigenvalue weighted by Gasteiger charge is 2.16. The third-order valence-corrected chi connectivity index (χ3v) is 5.30. The minimum atomic E-state index is -0.443. The minimum Gasteiger partial charge on any atom is -0.267 e. The molecule has 1 aromatic heterocycles. The first-order valence-electron chi connectivity index (χ1n) is 10.4. The van der Waals surface area contributed by atoms with Crippen molar-refractivity contribution in [3.05, 3.63) is 88.3 Å². The van der Waals surface area contributed by atoms with Crippen LogP contribution in [-0.2, 0) is 6.54 Å². The lowest BCUT2D eigenvalue weighted by Gasteiger charge is -2.10. The van der Waals surface area contributed by atoms with Crippen molar-refractivity contribution in [3.63, 3.8) is 0 Å². The van der Waals surface area contributed by atoms with Crippen molar-refractivity contribution in [2.24, 2.45) is 5.10 Å². The van der Waals surface area contributed by atoms with Gasteiger partial charge in [-0.15, -0.1) is 0 Å². The Balaban J connectivity index is 1.65. The number of aromatic nitrogens is 2. The highest BCUT2D eigenvalue weighted by molar-refractivity contribution is 6.06. The zero-order valence-electron chi connectivity index (χ0n) is 17.6. The van der Waals surface area contributed by atoms with Gasteiger partial charge in [-0.05, 0) is 41.8 Å². The van der Waals surface area contributed by atoms with Crippen LogP contribution in [0.25, 0.3) is 21.5 Å². The zero-order valence-corrected chi connectivity index (χ0v) is 17.6. The molecule has 156 valence electrons. The number of hydrazone groups is 1. The number of unbranched alkanes of at least 4 members (excludes halogenated alkanes) is 1. The van der Waals surface area contributed by atoms with Crippen LogP contribution < -0.4 is 11.0 Å². The summed E-state index contributed by atoms with van der Waals surface area (Å²) in [6.07, 6.45) is 1.74. The van der Waals surface area contributed by atoms with Gasteiger partial charge < -0.3 is 0 Å². The first-order chi connectivity index (χ1) is 15.1. The largest absolute Gasteiger partial charge is 0.292 e. The summed E-state index contributed by atoms with van der Waals surface area (Å²) < 4.78 is 1.38. The number of hydrogen-bond acceptors (Lipinski definition) is 4. The molecule has 1 N–H and O–H groups in total. The van der Waals surface area contributed by atoms with Gasteiger partial charge in [-0.3, -0.25) is 9.59 Å². The van der Waals surface area contributed by atoms with Crippen molar-refractivity contribution in [3.8, 4) is 0 Å². The number of rotatable bonds is 6. The number of fused-ring (bicyclic) bond motifs is 2. The summed E-state index contributed by atoms with van der Waals surface area (Å²) in [5.41, 5.74) is 4.23. The van der Waals surface area contributed by atoms with Crippen molar-refractivity contribution in [1.29, 1.82) is 0 Å². The Morgan fingerprint density at radius 2 is 1.71 bits per heavy atom. The van der Waals surface area contributed by atoms with Crippen LogP contribution in [0.15, 0.2) is 76.6 Å². The van der Waals surface area contributed by atoms with Gasteiger partial charge in [0.15, 0.2) is 5.69 Å². The molecule has 0 aliphatic carbocycles. The van der Waals surface area contributed by atoms with E-state index in [0.717, 1.165) is 29.2 Å². The lowest BCUT2D eigenvalue weighted by molar-refractivity contribution is 0.0949. The predicted molar refractivity (Wildman–Crippen MR) is 125 cm³/mol. The first kappa shape index (κ1) is 20.5. The Labute approximate surface area is 180 Å². The number of nitrogens with one attached hydrogen (secondary N) is 1. The standard InChI is InChI=1S/C25H24N4O2/c1-3-4-15-29-25(31)22-12-8-7-11-21(22)23(28-29)24(30)27-26-17(2)19-14-13-18-9-5-6-10-20(18)16-19/h5-14,16H,3-4,15H2,1-2H3,(H,27,30)/b26-17+. The Hall–Kier alpha value is -3.80. The second-order valence-corrected chi connectivity index (χ2v) is 7.48. The fraction of sp³-hybridized carbons (Fsp3) is 0.200. The van der Waals surface area contributed by atoms with Crippen LogP contribution in [0, 0.1) is 0 Å². The van der Waals surface area contributed by atoms with Crippen LogP contribution in [-0.4, -0.2) is 21.4 Å². The molecule has 0 radical (unpaired) electrons. The number of carbonyl (C=O) groups excluding carboxylic acids is 1. The monoisotopic (exact) mass is 412 g/mol. The molecule has 0 atom stereocenters. The van der Waals surface area contributed by atoms with E-state index in [1.54, 1.807) is 24.3 Å². The van der Waals surface area contributed by atoms with Crippen molar-refractivity contribution < 1.29 is 4.79 Å². The maximum Gasteiger partial charge on any atom is 0.292 e. The van der Waals surface area contributed by atoms with E-state index in [-0.39, 0.29) is 11.3 Å². The summed E-state index contributed by atoms with van der Waals surface area (Å²) in [5, 5.41) is 11.9.